The van der Waals surface area contributed by atoms with Gasteiger partial charge in [0.05, 0.1) is 12.8 Å². The van der Waals surface area contributed by atoms with Gasteiger partial charge in [0, 0.05) is 21.2 Å². The van der Waals surface area contributed by atoms with E-state index in [4.69, 9.17) is 16.3 Å². The highest BCUT2D eigenvalue weighted by Crippen LogP contribution is 2.27. The lowest BCUT2D eigenvalue weighted by molar-refractivity contribution is 0.102. The second-order valence-corrected chi connectivity index (χ2v) is 7.58. The number of nitrogens with one attached hydrogen (secondary N) is 1. The molecule has 0 fully saturated rings. The number of ether oxygens (including phenoxy) is 1. The third-order valence-electron chi connectivity index (χ3n) is 4.04. The molecule has 0 radical (unpaired) electrons. The monoisotopic (exact) mass is 397 g/mol. The van der Waals surface area contributed by atoms with Crippen LogP contribution in [0.15, 0.2) is 71.6 Å². The third-order valence-corrected chi connectivity index (χ3v) is 5.37. The van der Waals surface area contributed by atoms with E-state index in [1.807, 2.05) is 73.7 Å². The van der Waals surface area contributed by atoms with Gasteiger partial charge in [-0.25, -0.2) is 0 Å². The summed E-state index contributed by atoms with van der Waals surface area (Å²) in [5.41, 5.74) is 3.49. The SMILES string of the molecule is COc1ccc(C)cc1NC(=O)c1ccc(CSc2ccc(Cl)cc2)cc1. The molecule has 0 saturated heterocycles. The first-order valence-electron chi connectivity index (χ1n) is 8.48. The van der Waals surface area contributed by atoms with Crippen molar-refractivity contribution < 1.29 is 9.53 Å². The lowest BCUT2D eigenvalue weighted by Crippen LogP contribution is -2.12. The largest absolute Gasteiger partial charge is 0.495 e. The highest BCUT2D eigenvalue weighted by Gasteiger charge is 2.10. The zero-order valence-corrected chi connectivity index (χ0v) is 16.7. The summed E-state index contributed by atoms with van der Waals surface area (Å²) >= 11 is 7.64. The van der Waals surface area contributed by atoms with Gasteiger partial charge in [0.15, 0.2) is 0 Å². The first kappa shape index (κ1) is 19.3. The molecule has 0 aromatic heterocycles. The molecule has 27 heavy (non-hydrogen) atoms. The van der Waals surface area contributed by atoms with E-state index in [1.165, 1.54) is 0 Å². The molecule has 1 amide bonds. The first-order chi connectivity index (χ1) is 13.0. The minimum Gasteiger partial charge on any atom is -0.495 e. The number of halogens is 1. The molecule has 1 N–H and O–H groups in total. The van der Waals surface area contributed by atoms with Crippen LogP contribution in [0.4, 0.5) is 5.69 Å². The molecular weight excluding hydrogens is 378 g/mol. The van der Waals surface area contributed by atoms with Gasteiger partial charge in [0.25, 0.3) is 5.91 Å². The molecule has 0 spiro atoms. The number of thioether (sulfide) groups is 1. The molecule has 3 rings (SSSR count). The van der Waals surface area contributed by atoms with E-state index >= 15 is 0 Å². The molecule has 0 aliphatic carbocycles. The highest BCUT2D eigenvalue weighted by atomic mass is 35.5. The molecule has 5 heteroatoms. The molecule has 0 saturated carbocycles. The van der Waals surface area contributed by atoms with Gasteiger partial charge in [-0.05, 0) is 66.6 Å². The van der Waals surface area contributed by atoms with Gasteiger partial charge in [0.2, 0.25) is 0 Å². The quantitative estimate of drug-likeness (QED) is 0.503. The number of carbonyl (C=O) groups is 1. The summed E-state index contributed by atoms with van der Waals surface area (Å²) < 4.78 is 5.31. The van der Waals surface area contributed by atoms with Crippen LogP contribution in [-0.4, -0.2) is 13.0 Å². The molecule has 0 heterocycles. The van der Waals surface area contributed by atoms with E-state index in [-0.39, 0.29) is 5.91 Å². The average Bonchev–Trinajstić information content (AvgIpc) is 2.68. The fourth-order valence-electron chi connectivity index (χ4n) is 2.56. The topological polar surface area (TPSA) is 38.3 Å². The van der Waals surface area contributed by atoms with Gasteiger partial charge in [-0.2, -0.15) is 0 Å². The Hall–Kier alpha value is -2.43. The summed E-state index contributed by atoms with van der Waals surface area (Å²) in [5, 5.41) is 3.66. The van der Waals surface area contributed by atoms with E-state index in [9.17, 15) is 4.79 Å². The second kappa shape index (κ2) is 8.98. The lowest BCUT2D eigenvalue weighted by atomic mass is 10.1. The maximum absolute atomic E-state index is 12.5. The lowest BCUT2D eigenvalue weighted by Gasteiger charge is -2.11. The number of anilines is 1. The number of benzene rings is 3. The Morgan fingerprint density at radius 2 is 1.74 bits per heavy atom. The number of hydrogen-bond acceptors (Lipinski definition) is 3. The van der Waals surface area contributed by atoms with Crippen LogP contribution in [0.25, 0.3) is 0 Å². The minimum atomic E-state index is -0.157. The molecule has 138 valence electrons. The van der Waals surface area contributed by atoms with Crippen LogP contribution in [0.3, 0.4) is 0 Å². The minimum absolute atomic E-state index is 0.157. The van der Waals surface area contributed by atoms with Crippen molar-refractivity contribution in [3.05, 3.63) is 88.4 Å². The Morgan fingerprint density at radius 3 is 2.41 bits per heavy atom. The molecule has 3 nitrogen and oxygen atoms in total. The van der Waals surface area contributed by atoms with Crippen LogP contribution in [0.2, 0.25) is 5.02 Å². The summed E-state index contributed by atoms with van der Waals surface area (Å²) in [6.07, 6.45) is 0. The smallest absolute Gasteiger partial charge is 0.255 e. The van der Waals surface area contributed by atoms with Gasteiger partial charge in [-0.15, -0.1) is 11.8 Å². The van der Waals surface area contributed by atoms with Crippen LogP contribution < -0.4 is 10.1 Å². The van der Waals surface area contributed by atoms with Gasteiger partial charge in [-0.1, -0.05) is 29.8 Å². The molecule has 0 bridgehead atoms. The molecule has 3 aromatic rings. The van der Waals surface area contributed by atoms with Crippen molar-refractivity contribution in [3.63, 3.8) is 0 Å². The van der Waals surface area contributed by atoms with Gasteiger partial charge >= 0.3 is 0 Å². The van der Waals surface area contributed by atoms with E-state index in [0.717, 1.165) is 26.8 Å². The van der Waals surface area contributed by atoms with Crippen LogP contribution in [-0.2, 0) is 5.75 Å². The summed E-state index contributed by atoms with van der Waals surface area (Å²) in [6, 6.07) is 21.1. The predicted octanol–water partition coefficient (Wildman–Crippen LogP) is 6.20. The Balaban J connectivity index is 1.63. The number of hydrogen-bond donors (Lipinski definition) is 1. The summed E-state index contributed by atoms with van der Waals surface area (Å²) in [4.78, 5) is 13.7. The fraction of sp³-hybridized carbons (Fsp3) is 0.136. The predicted molar refractivity (Wildman–Crippen MR) is 113 cm³/mol. The van der Waals surface area contributed by atoms with Crippen LogP contribution >= 0.6 is 23.4 Å². The summed E-state index contributed by atoms with van der Waals surface area (Å²) in [6.45, 7) is 1.97. The van der Waals surface area contributed by atoms with Crippen molar-refractivity contribution in [1.82, 2.24) is 0 Å². The Morgan fingerprint density at radius 1 is 1.04 bits per heavy atom. The van der Waals surface area contributed by atoms with Crippen molar-refractivity contribution in [2.45, 2.75) is 17.6 Å². The average molecular weight is 398 g/mol. The number of rotatable bonds is 6. The van der Waals surface area contributed by atoms with Crippen molar-refractivity contribution in [1.29, 1.82) is 0 Å². The third kappa shape index (κ3) is 5.28. The Labute approximate surface area is 168 Å². The van der Waals surface area contributed by atoms with Gasteiger partial charge < -0.3 is 10.1 Å². The second-order valence-electron chi connectivity index (χ2n) is 6.10. The number of carbonyl (C=O) groups excluding carboxylic acids is 1. The standard InChI is InChI=1S/C22H20ClNO2S/c1-15-3-12-21(26-2)20(13-15)24-22(25)17-6-4-16(5-7-17)14-27-19-10-8-18(23)9-11-19/h3-13H,14H2,1-2H3,(H,24,25). The Kier molecular flexibility index (Phi) is 6.43. The van der Waals surface area contributed by atoms with Crippen molar-refractivity contribution in [3.8, 4) is 5.75 Å². The fourth-order valence-corrected chi connectivity index (χ4v) is 3.54. The maximum Gasteiger partial charge on any atom is 0.255 e. The molecule has 0 unspecified atom stereocenters. The molecular formula is C22H20ClNO2S. The van der Waals surface area contributed by atoms with E-state index in [2.05, 4.69) is 5.32 Å². The zero-order valence-electron chi connectivity index (χ0n) is 15.2. The first-order valence-corrected chi connectivity index (χ1v) is 9.85. The van der Waals surface area contributed by atoms with Gasteiger partial charge in [0.1, 0.15) is 5.75 Å². The molecule has 0 atom stereocenters. The maximum atomic E-state index is 12.5. The van der Waals surface area contributed by atoms with Crippen LogP contribution in [0.1, 0.15) is 21.5 Å². The molecule has 0 aliphatic heterocycles. The summed E-state index contributed by atoms with van der Waals surface area (Å²) in [7, 11) is 1.59. The van der Waals surface area contributed by atoms with Crippen LogP contribution in [0, 0.1) is 6.92 Å². The zero-order chi connectivity index (χ0) is 19.2. The van der Waals surface area contributed by atoms with Crippen molar-refractivity contribution in [2.75, 3.05) is 12.4 Å². The summed E-state index contributed by atoms with van der Waals surface area (Å²) in [5.74, 6) is 1.32. The highest BCUT2D eigenvalue weighted by molar-refractivity contribution is 7.98. The van der Waals surface area contributed by atoms with Crippen LogP contribution in [0.5, 0.6) is 5.75 Å². The molecule has 3 aromatic carbocycles. The van der Waals surface area contributed by atoms with Crippen molar-refractivity contribution >= 4 is 35.0 Å². The number of aryl methyl sites for hydroxylation is 1. The Bertz CT molecular complexity index is 924. The van der Waals surface area contributed by atoms with E-state index in [0.29, 0.717) is 17.0 Å². The number of amides is 1. The molecule has 0 aliphatic rings. The van der Waals surface area contributed by atoms with Crippen molar-refractivity contribution in [2.24, 2.45) is 0 Å². The number of methoxy groups -OCH3 is 1. The van der Waals surface area contributed by atoms with Gasteiger partial charge in [-0.3, -0.25) is 4.79 Å². The normalized spacial score (nSPS) is 10.5. The van der Waals surface area contributed by atoms with E-state index < -0.39 is 0 Å². The van der Waals surface area contributed by atoms with E-state index in [1.54, 1.807) is 18.9 Å².